The van der Waals surface area contributed by atoms with Gasteiger partial charge in [0.25, 0.3) is 0 Å². The van der Waals surface area contributed by atoms with Crippen molar-refractivity contribution in [2.45, 2.75) is 47.0 Å². The zero-order chi connectivity index (χ0) is 16.5. The van der Waals surface area contributed by atoms with Crippen LogP contribution in [0.25, 0.3) is 10.9 Å². The molecule has 0 spiro atoms. The molecular weight excluding hydrogens is 276 g/mol. The van der Waals surface area contributed by atoms with Crippen molar-refractivity contribution in [3.05, 3.63) is 40.2 Å². The number of benzene rings is 1. The van der Waals surface area contributed by atoms with Gasteiger partial charge in [0.2, 0.25) is 11.5 Å². The Hall–Kier alpha value is -2.10. The maximum Gasteiger partial charge on any atom is 0.248 e. The number of anilines is 1. The molecule has 0 saturated carbocycles. The highest BCUT2D eigenvalue weighted by Gasteiger charge is 2.16. The molecule has 0 saturated heterocycles. The lowest BCUT2D eigenvalue weighted by molar-refractivity contribution is -0.117. The summed E-state index contributed by atoms with van der Waals surface area (Å²) in [5.74, 6) is 0.250. The normalized spacial score (nSPS) is 11.9. The predicted octanol–water partition coefficient (Wildman–Crippen LogP) is 4.03. The van der Waals surface area contributed by atoms with Crippen molar-refractivity contribution in [1.29, 1.82) is 0 Å². The fraction of sp³-hybridized carbons (Fsp3) is 0.444. The number of nitrogens with one attached hydrogen (secondary N) is 2. The van der Waals surface area contributed by atoms with Crippen molar-refractivity contribution in [1.82, 2.24) is 4.98 Å². The lowest BCUT2D eigenvalue weighted by atomic mass is 9.92. The second kappa shape index (κ2) is 5.95. The Morgan fingerprint density at radius 2 is 1.91 bits per heavy atom. The van der Waals surface area contributed by atoms with Gasteiger partial charge in [0.05, 0.1) is 5.52 Å². The average Bonchev–Trinajstić information content (AvgIpc) is 2.34. The molecule has 0 bridgehead atoms. The first-order valence-electron chi connectivity index (χ1n) is 7.62. The summed E-state index contributed by atoms with van der Waals surface area (Å²) in [5, 5.41) is 3.91. The van der Waals surface area contributed by atoms with Crippen LogP contribution < -0.4 is 10.9 Å². The number of pyridine rings is 1. The Morgan fingerprint density at radius 3 is 2.50 bits per heavy atom. The van der Waals surface area contributed by atoms with Crippen LogP contribution in [0.3, 0.4) is 0 Å². The minimum absolute atomic E-state index is 0.0192. The van der Waals surface area contributed by atoms with E-state index in [1.807, 2.05) is 39.0 Å². The summed E-state index contributed by atoms with van der Waals surface area (Å²) in [4.78, 5) is 26.7. The molecule has 22 heavy (non-hydrogen) atoms. The summed E-state index contributed by atoms with van der Waals surface area (Å²) >= 11 is 0. The van der Waals surface area contributed by atoms with Crippen LogP contribution in [0.4, 0.5) is 5.69 Å². The average molecular weight is 300 g/mol. The van der Waals surface area contributed by atoms with Crippen LogP contribution >= 0.6 is 0 Å². The molecule has 2 N–H and O–H groups in total. The molecular formula is C18H24N2O2. The van der Waals surface area contributed by atoms with E-state index < -0.39 is 0 Å². The fourth-order valence-electron chi connectivity index (χ4n) is 2.53. The number of aromatic amines is 1. The van der Waals surface area contributed by atoms with Crippen molar-refractivity contribution in [3.63, 3.8) is 0 Å². The number of rotatable bonds is 3. The van der Waals surface area contributed by atoms with E-state index in [-0.39, 0.29) is 22.8 Å². The maximum atomic E-state index is 12.0. The van der Waals surface area contributed by atoms with E-state index in [4.69, 9.17) is 0 Å². The van der Waals surface area contributed by atoms with E-state index in [2.05, 4.69) is 24.1 Å². The van der Waals surface area contributed by atoms with Crippen molar-refractivity contribution in [3.8, 4) is 0 Å². The molecule has 2 aromatic rings. The SMILES string of the molecule is CC(C)c1cc(=O)[nH]c2cc(NC(=O)CC(C)(C)C)ccc12. The summed E-state index contributed by atoms with van der Waals surface area (Å²) in [5.41, 5.74) is 2.31. The minimum atomic E-state index is -0.116. The van der Waals surface area contributed by atoms with E-state index in [0.717, 1.165) is 16.5 Å². The number of aromatic nitrogens is 1. The fourth-order valence-corrected chi connectivity index (χ4v) is 2.53. The lowest BCUT2D eigenvalue weighted by Crippen LogP contribution is -2.19. The zero-order valence-electron chi connectivity index (χ0n) is 13.9. The molecule has 1 amide bonds. The van der Waals surface area contributed by atoms with Gasteiger partial charge in [0, 0.05) is 23.6 Å². The summed E-state index contributed by atoms with van der Waals surface area (Å²) in [6.07, 6.45) is 0.452. The molecule has 0 aliphatic heterocycles. The van der Waals surface area contributed by atoms with Gasteiger partial charge in [0.15, 0.2) is 0 Å². The molecule has 4 nitrogen and oxygen atoms in total. The minimum Gasteiger partial charge on any atom is -0.326 e. The third-order valence-electron chi connectivity index (χ3n) is 3.47. The number of fused-ring (bicyclic) bond motifs is 1. The molecule has 0 aliphatic carbocycles. The quantitative estimate of drug-likeness (QED) is 0.899. The molecule has 1 aromatic heterocycles. The molecule has 0 radical (unpaired) electrons. The van der Waals surface area contributed by atoms with Gasteiger partial charge in [-0.25, -0.2) is 0 Å². The largest absolute Gasteiger partial charge is 0.326 e. The molecule has 0 fully saturated rings. The number of hydrogen-bond acceptors (Lipinski definition) is 2. The maximum absolute atomic E-state index is 12.0. The molecule has 1 aromatic carbocycles. The third-order valence-corrected chi connectivity index (χ3v) is 3.47. The van der Waals surface area contributed by atoms with Gasteiger partial charge in [-0.3, -0.25) is 9.59 Å². The van der Waals surface area contributed by atoms with E-state index in [1.54, 1.807) is 6.07 Å². The highest BCUT2D eigenvalue weighted by Crippen LogP contribution is 2.25. The van der Waals surface area contributed by atoms with Crippen LogP contribution in [0.2, 0.25) is 0 Å². The predicted molar refractivity (Wildman–Crippen MR) is 91.4 cm³/mol. The number of carbonyl (C=O) groups excluding carboxylic acids is 1. The van der Waals surface area contributed by atoms with Gasteiger partial charge >= 0.3 is 0 Å². The molecule has 4 heteroatoms. The van der Waals surface area contributed by atoms with E-state index in [0.29, 0.717) is 12.1 Å². The van der Waals surface area contributed by atoms with Crippen LogP contribution in [0, 0.1) is 5.41 Å². The second-order valence-corrected chi connectivity index (χ2v) is 7.29. The smallest absolute Gasteiger partial charge is 0.248 e. The van der Waals surface area contributed by atoms with Crippen molar-refractivity contribution in [2.75, 3.05) is 5.32 Å². The van der Waals surface area contributed by atoms with Crippen molar-refractivity contribution < 1.29 is 4.79 Å². The Bertz CT molecular complexity index is 752. The van der Waals surface area contributed by atoms with Gasteiger partial charge in [-0.2, -0.15) is 0 Å². The summed E-state index contributed by atoms with van der Waals surface area (Å²) < 4.78 is 0. The first-order valence-corrected chi connectivity index (χ1v) is 7.62. The van der Waals surface area contributed by atoms with Crippen LogP contribution in [0.1, 0.15) is 52.5 Å². The Balaban J connectivity index is 2.35. The van der Waals surface area contributed by atoms with Gasteiger partial charge in [-0.15, -0.1) is 0 Å². The van der Waals surface area contributed by atoms with Gasteiger partial charge in [0.1, 0.15) is 0 Å². The highest BCUT2D eigenvalue weighted by molar-refractivity contribution is 5.94. The number of hydrogen-bond donors (Lipinski definition) is 2. The number of H-pyrrole nitrogens is 1. The molecule has 0 aliphatic rings. The van der Waals surface area contributed by atoms with Gasteiger partial charge < -0.3 is 10.3 Å². The summed E-state index contributed by atoms with van der Waals surface area (Å²) in [7, 11) is 0. The first-order chi connectivity index (χ1) is 10.2. The van der Waals surface area contributed by atoms with Crippen LogP contribution in [-0.2, 0) is 4.79 Å². The summed E-state index contributed by atoms with van der Waals surface area (Å²) in [6.45, 7) is 10.2. The molecule has 1 heterocycles. The molecule has 0 atom stereocenters. The molecule has 2 rings (SSSR count). The number of amides is 1. The van der Waals surface area contributed by atoms with Crippen LogP contribution in [-0.4, -0.2) is 10.9 Å². The Kier molecular flexibility index (Phi) is 4.40. The highest BCUT2D eigenvalue weighted by atomic mass is 16.1. The zero-order valence-corrected chi connectivity index (χ0v) is 13.9. The van der Waals surface area contributed by atoms with Crippen molar-refractivity contribution in [2.24, 2.45) is 5.41 Å². The third kappa shape index (κ3) is 3.97. The standard InChI is InChI=1S/C18H24N2O2/c1-11(2)14-9-16(21)20-15-8-12(6-7-13(14)15)19-17(22)10-18(3,4)5/h6-9,11H,10H2,1-5H3,(H,19,22)(H,20,21). The lowest BCUT2D eigenvalue weighted by Gasteiger charge is -2.17. The first kappa shape index (κ1) is 16.3. The topological polar surface area (TPSA) is 62.0 Å². The van der Waals surface area contributed by atoms with Gasteiger partial charge in [-0.05, 0) is 29.0 Å². The van der Waals surface area contributed by atoms with Crippen molar-refractivity contribution >= 4 is 22.5 Å². The summed E-state index contributed by atoms with van der Waals surface area (Å²) in [6, 6.07) is 7.30. The molecule has 0 unspecified atom stereocenters. The Labute approximate surface area is 130 Å². The van der Waals surface area contributed by atoms with E-state index >= 15 is 0 Å². The number of carbonyl (C=O) groups is 1. The van der Waals surface area contributed by atoms with E-state index in [1.165, 1.54) is 0 Å². The second-order valence-electron chi connectivity index (χ2n) is 7.29. The molecule has 118 valence electrons. The van der Waals surface area contributed by atoms with Crippen LogP contribution in [0.15, 0.2) is 29.1 Å². The Morgan fingerprint density at radius 1 is 1.23 bits per heavy atom. The van der Waals surface area contributed by atoms with E-state index in [9.17, 15) is 9.59 Å². The van der Waals surface area contributed by atoms with Gasteiger partial charge in [-0.1, -0.05) is 40.7 Å². The monoisotopic (exact) mass is 300 g/mol. The van der Waals surface area contributed by atoms with Crippen LogP contribution in [0.5, 0.6) is 0 Å².